The van der Waals surface area contributed by atoms with Crippen molar-refractivity contribution in [1.29, 1.82) is 0 Å². The smallest absolute Gasteiger partial charge is 0.238 e. The summed E-state index contributed by atoms with van der Waals surface area (Å²) >= 11 is 1.39. The molecule has 0 saturated carbocycles. The van der Waals surface area contributed by atoms with Gasteiger partial charge in [-0.2, -0.15) is 4.39 Å². The van der Waals surface area contributed by atoms with Gasteiger partial charge in [-0.3, -0.25) is 0 Å². The Kier molecular flexibility index (Phi) is 4.19. The van der Waals surface area contributed by atoms with Crippen LogP contribution in [0.1, 0.15) is 22.0 Å². The highest BCUT2D eigenvalue weighted by Crippen LogP contribution is 2.25. The predicted octanol–water partition coefficient (Wildman–Crippen LogP) is 4.55. The van der Waals surface area contributed by atoms with Crippen molar-refractivity contribution in [2.75, 3.05) is 0 Å². The van der Waals surface area contributed by atoms with E-state index in [1.165, 1.54) is 17.4 Å². The summed E-state index contributed by atoms with van der Waals surface area (Å²) in [5, 5.41) is 0.698. The van der Waals surface area contributed by atoms with Crippen molar-refractivity contribution >= 4 is 21.6 Å². The van der Waals surface area contributed by atoms with E-state index in [1.807, 2.05) is 36.4 Å². The number of hydrogen-bond acceptors (Lipinski definition) is 4. The van der Waals surface area contributed by atoms with Crippen molar-refractivity contribution in [2.45, 2.75) is 12.8 Å². The number of halogens is 2. The molecule has 0 spiro atoms. The van der Waals surface area contributed by atoms with Crippen molar-refractivity contribution in [3.8, 4) is 0 Å². The third kappa shape index (κ3) is 3.53. The van der Waals surface area contributed by atoms with E-state index in [9.17, 15) is 8.78 Å². The second-order valence-corrected chi connectivity index (χ2v) is 6.77. The third-order valence-electron chi connectivity index (χ3n) is 3.78. The Morgan fingerprint density at radius 2 is 1.56 bits per heavy atom. The van der Waals surface area contributed by atoms with Crippen LogP contribution in [-0.4, -0.2) is 15.0 Å². The Bertz CT molecular complexity index is 1030. The zero-order valence-corrected chi connectivity index (χ0v) is 13.9. The van der Waals surface area contributed by atoms with Crippen LogP contribution in [0.4, 0.5) is 8.78 Å². The minimum absolute atomic E-state index is 0.347. The van der Waals surface area contributed by atoms with Gasteiger partial charge in [-0.15, -0.1) is 11.3 Å². The molecule has 0 aliphatic heterocycles. The summed E-state index contributed by atoms with van der Waals surface area (Å²) in [6.07, 6.45) is 0.123. The zero-order chi connectivity index (χ0) is 17.2. The summed E-state index contributed by atoms with van der Waals surface area (Å²) in [7, 11) is 0. The largest absolute Gasteiger partial charge is 0.309 e. The molecule has 4 rings (SSSR count). The highest BCUT2D eigenvalue weighted by Gasteiger charge is 2.11. The number of para-hydroxylation sites is 1. The van der Waals surface area contributed by atoms with Crippen molar-refractivity contribution < 1.29 is 8.78 Å². The molecule has 0 fully saturated rings. The van der Waals surface area contributed by atoms with Crippen LogP contribution in [0, 0.1) is 11.9 Å². The molecule has 2 aromatic carbocycles. The summed E-state index contributed by atoms with van der Waals surface area (Å²) < 4.78 is 28.3. The minimum atomic E-state index is -0.754. The van der Waals surface area contributed by atoms with Crippen LogP contribution in [-0.2, 0) is 12.8 Å². The van der Waals surface area contributed by atoms with Crippen LogP contribution in [0.25, 0.3) is 10.2 Å². The van der Waals surface area contributed by atoms with Crippen molar-refractivity contribution in [2.24, 2.45) is 0 Å². The molecule has 6 heteroatoms. The van der Waals surface area contributed by atoms with Gasteiger partial charge >= 0.3 is 6.08 Å². The van der Waals surface area contributed by atoms with Crippen molar-refractivity contribution in [1.82, 2.24) is 15.0 Å². The lowest BCUT2D eigenvalue weighted by molar-refractivity contribution is 0.527. The van der Waals surface area contributed by atoms with Crippen LogP contribution in [0.3, 0.4) is 0 Å². The second-order valence-electron chi connectivity index (χ2n) is 5.65. The van der Waals surface area contributed by atoms with E-state index in [-0.39, 0.29) is 5.82 Å². The van der Waals surface area contributed by atoms with Gasteiger partial charge in [0.1, 0.15) is 11.3 Å². The van der Waals surface area contributed by atoms with Gasteiger partial charge in [-0.05, 0) is 23.8 Å². The Morgan fingerprint density at radius 1 is 0.800 bits per heavy atom. The first-order chi connectivity index (χ1) is 12.2. The van der Waals surface area contributed by atoms with E-state index in [1.54, 1.807) is 12.1 Å². The molecular weight excluding hydrogens is 340 g/mol. The van der Waals surface area contributed by atoms with Crippen LogP contribution >= 0.6 is 11.3 Å². The lowest BCUT2D eigenvalue weighted by atomic mass is 10.1. The molecule has 0 atom stereocenters. The van der Waals surface area contributed by atoms with E-state index in [0.29, 0.717) is 34.8 Å². The van der Waals surface area contributed by atoms with Gasteiger partial charge in [-0.25, -0.2) is 19.3 Å². The first-order valence-corrected chi connectivity index (χ1v) is 8.59. The molecule has 0 N–H and O–H groups in total. The van der Waals surface area contributed by atoms with Crippen LogP contribution in [0.2, 0.25) is 0 Å². The average Bonchev–Trinajstić information content (AvgIpc) is 2.99. The summed E-state index contributed by atoms with van der Waals surface area (Å²) in [5.74, 6) is -0.348. The molecule has 0 unspecified atom stereocenters. The first kappa shape index (κ1) is 15.8. The zero-order valence-electron chi connectivity index (χ0n) is 13.1. The van der Waals surface area contributed by atoms with E-state index < -0.39 is 6.08 Å². The summed E-state index contributed by atoms with van der Waals surface area (Å²) in [6, 6.07) is 16.4. The molecule has 0 amide bonds. The summed E-state index contributed by atoms with van der Waals surface area (Å²) in [5.41, 5.74) is 2.55. The van der Waals surface area contributed by atoms with Gasteiger partial charge in [0.25, 0.3) is 0 Å². The first-order valence-electron chi connectivity index (χ1n) is 7.77. The molecule has 25 heavy (non-hydrogen) atoms. The van der Waals surface area contributed by atoms with Crippen LogP contribution in [0.5, 0.6) is 0 Å². The maximum absolute atomic E-state index is 13.8. The monoisotopic (exact) mass is 353 g/mol. The summed E-state index contributed by atoms with van der Waals surface area (Å²) in [6.45, 7) is 0. The molecule has 0 saturated heterocycles. The molecule has 2 heterocycles. The fourth-order valence-electron chi connectivity index (χ4n) is 2.70. The molecule has 124 valence electrons. The van der Waals surface area contributed by atoms with E-state index in [4.69, 9.17) is 0 Å². The maximum atomic E-state index is 13.8. The number of rotatable bonds is 4. The number of hydrogen-bond donors (Lipinski definition) is 0. The molecule has 3 nitrogen and oxygen atoms in total. The highest BCUT2D eigenvalue weighted by molar-refractivity contribution is 7.18. The molecule has 0 radical (unpaired) electrons. The number of benzene rings is 2. The van der Waals surface area contributed by atoms with E-state index in [0.717, 1.165) is 10.3 Å². The van der Waals surface area contributed by atoms with Gasteiger partial charge in [0.05, 0.1) is 21.1 Å². The summed E-state index contributed by atoms with van der Waals surface area (Å²) in [4.78, 5) is 12.0. The molecule has 4 aromatic rings. The van der Waals surface area contributed by atoms with Gasteiger partial charge in [0, 0.05) is 12.8 Å². The molecule has 0 bridgehead atoms. The minimum Gasteiger partial charge on any atom is -0.238 e. The lowest BCUT2D eigenvalue weighted by Crippen LogP contribution is -2.02. The van der Waals surface area contributed by atoms with Crippen LogP contribution < -0.4 is 0 Å². The Labute approximate surface area is 147 Å². The Balaban J connectivity index is 1.62. The lowest BCUT2D eigenvalue weighted by Gasteiger charge is -2.04. The van der Waals surface area contributed by atoms with Gasteiger partial charge in [0.15, 0.2) is 0 Å². The molecule has 0 aliphatic rings. The topological polar surface area (TPSA) is 38.7 Å². The van der Waals surface area contributed by atoms with Gasteiger partial charge < -0.3 is 0 Å². The third-order valence-corrected chi connectivity index (χ3v) is 4.80. The SMILES string of the molecule is Fc1nc(Cc2ccccc2)cc(Cc2nc3c(F)cccc3s2)n1. The second kappa shape index (κ2) is 6.64. The van der Waals surface area contributed by atoms with Crippen molar-refractivity contribution in [3.63, 3.8) is 0 Å². The normalized spacial score (nSPS) is 11.1. The predicted molar refractivity (Wildman–Crippen MR) is 93.6 cm³/mol. The van der Waals surface area contributed by atoms with Crippen molar-refractivity contribution in [3.05, 3.63) is 88.5 Å². The fraction of sp³-hybridized carbons (Fsp3) is 0.105. The van der Waals surface area contributed by atoms with E-state index in [2.05, 4.69) is 15.0 Å². The van der Waals surface area contributed by atoms with Gasteiger partial charge in [-0.1, -0.05) is 36.4 Å². The number of aromatic nitrogens is 3. The fourth-order valence-corrected chi connectivity index (χ4v) is 3.69. The molecule has 0 aliphatic carbocycles. The maximum Gasteiger partial charge on any atom is 0.309 e. The van der Waals surface area contributed by atoms with E-state index >= 15 is 0 Å². The number of nitrogens with zero attached hydrogens (tertiary/aromatic N) is 3. The Hall–Kier alpha value is -2.73. The number of fused-ring (bicyclic) bond motifs is 1. The molecular formula is C19H13F2N3S. The van der Waals surface area contributed by atoms with Crippen LogP contribution in [0.15, 0.2) is 54.6 Å². The highest BCUT2D eigenvalue weighted by atomic mass is 32.1. The Morgan fingerprint density at radius 3 is 2.32 bits per heavy atom. The standard InChI is InChI=1S/C19H13F2N3S/c20-15-7-4-8-16-18(15)24-17(25-16)11-14-10-13(22-19(21)23-14)9-12-5-2-1-3-6-12/h1-8,10H,9,11H2. The molecule has 2 aromatic heterocycles. The quantitative estimate of drug-likeness (QED) is 0.505. The number of thiazole rings is 1. The van der Waals surface area contributed by atoms with Gasteiger partial charge in [0.2, 0.25) is 0 Å². The average molecular weight is 353 g/mol.